The van der Waals surface area contributed by atoms with E-state index in [4.69, 9.17) is 4.74 Å². The molecule has 0 unspecified atom stereocenters. The van der Waals surface area contributed by atoms with Crippen molar-refractivity contribution in [2.24, 2.45) is 7.05 Å². The Kier molecular flexibility index (Phi) is 7.01. The summed E-state index contributed by atoms with van der Waals surface area (Å²) in [6.07, 6.45) is 10.1. The van der Waals surface area contributed by atoms with Crippen molar-refractivity contribution in [1.82, 2.24) is 34.5 Å². The van der Waals surface area contributed by atoms with E-state index in [1.807, 2.05) is 45.3 Å². The Hall–Kier alpha value is -5.65. The molecule has 4 aromatic heterocycles. The lowest BCUT2D eigenvalue weighted by atomic mass is 10.1. The van der Waals surface area contributed by atoms with Crippen molar-refractivity contribution in [2.75, 3.05) is 10.6 Å². The van der Waals surface area contributed by atoms with Gasteiger partial charge in [-0.25, -0.2) is 19.2 Å². The van der Waals surface area contributed by atoms with Gasteiger partial charge < -0.3 is 15.4 Å². The Bertz CT molecular complexity index is 1910. The number of aryl methyl sites for hydroxylation is 1. The molecule has 0 radical (unpaired) electrons. The van der Waals surface area contributed by atoms with Crippen LogP contribution in [0.4, 0.5) is 20.6 Å². The molecular weight excluding hydrogens is 537 g/mol. The third-order valence-corrected chi connectivity index (χ3v) is 6.44. The average Bonchev–Trinajstić information content (AvgIpc) is 3.61. The van der Waals surface area contributed by atoms with Crippen LogP contribution in [-0.4, -0.2) is 40.5 Å². The van der Waals surface area contributed by atoms with Crippen LogP contribution in [-0.2, 0) is 7.05 Å². The molecule has 0 fully saturated rings. The number of pyridine rings is 1. The molecule has 210 valence electrons. The predicted molar refractivity (Wildman–Crippen MR) is 157 cm³/mol. The molecule has 6 rings (SSSR count). The molecule has 2 amide bonds. The van der Waals surface area contributed by atoms with Gasteiger partial charge in [0.05, 0.1) is 28.8 Å². The third-order valence-electron chi connectivity index (χ3n) is 6.44. The summed E-state index contributed by atoms with van der Waals surface area (Å²) in [6, 6.07) is 12.7. The van der Waals surface area contributed by atoms with E-state index in [1.165, 1.54) is 18.5 Å². The fourth-order valence-corrected chi connectivity index (χ4v) is 4.35. The van der Waals surface area contributed by atoms with Gasteiger partial charge in [0.2, 0.25) is 0 Å². The lowest BCUT2D eigenvalue weighted by molar-refractivity contribution is 0.262. The van der Waals surface area contributed by atoms with E-state index >= 15 is 4.39 Å². The van der Waals surface area contributed by atoms with Gasteiger partial charge in [-0.2, -0.15) is 10.2 Å². The van der Waals surface area contributed by atoms with Crippen molar-refractivity contribution < 1.29 is 13.9 Å². The van der Waals surface area contributed by atoms with E-state index in [-0.39, 0.29) is 17.5 Å². The van der Waals surface area contributed by atoms with Crippen LogP contribution in [0, 0.1) is 5.82 Å². The second kappa shape index (κ2) is 11.1. The number of ether oxygens (including phenoxy) is 1. The lowest BCUT2D eigenvalue weighted by Crippen LogP contribution is -2.20. The number of anilines is 2. The number of carbonyl (C=O) groups is 1. The monoisotopic (exact) mass is 563 g/mol. The van der Waals surface area contributed by atoms with Gasteiger partial charge in [-0.05, 0) is 44.2 Å². The number of hydrogen-bond acceptors (Lipinski definition) is 7. The summed E-state index contributed by atoms with van der Waals surface area (Å²) in [5, 5.41) is 15.1. The minimum Gasteiger partial charge on any atom is -0.457 e. The Labute approximate surface area is 240 Å². The summed E-state index contributed by atoms with van der Waals surface area (Å²) in [5.41, 5.74) is 4.11. The largest absolute Gasteiger partial charge is 0.457 e. The van der Waals surface area contributed by atoms with E-state index in [0.29, 0.717) is 22.8 Å². The Morgan fingerprint density at radius 2 is 1.76 bits per heavy atom. The van der Waals surface area contributed by atoms with E-state index in [0.717, 1.165) is 22.0 Å². The van der Waals surface area contributed by atoms with Crippen molar-refractivity contribution in [2.45, 2.75) is 19.9 Å². The van der Waals surface area contributed by atoms with Crippen molar-refractivity contribution >= 4 is 28.3 Å². The van der Waals surface area contributed by atoms with Crippen LogP contribution in [0.5, 0.6) is 11.5 Å². The SMILES string of the molecule is CC(C)n1cc(NC(=O)Nc2ccc(Oc3ccnc(-c4cnn(C)c4)c3)cc2F)c(-c2ccc3ncncc3c2)n1. The van der Waals surface area contributed by atoms with Crippen molar-refractivity contribution in [3.05, 3.63) is 91.7 Å². The highest BCUT2D eigenvalue weighted by molar-refractivity contribution is 6.02. The smallest absolute Gasteiger partial charge is 0.323 e. The molecule has 0 spiro atoms. The molecule has 42 heavy (non-hydrogen) atoms. The molecule has 0 saturated carbocycles. The molecule has 2 N–H and O–H groups in total. The van der Waals surface area contributed by atoms with Crippen LogP contribution in [0.25, 0.3) is 33.4 Å². The summed E-state index contributed by atoms with van der Waals surface area (Å²) in [6.45, 7) is 3.97. The van der Waals surface area contributed by atoms with Crippen LogP contribution in [0.1, 0.15) is 19.9 Å². The van der Waals surface area contributed by atoms with Gasteiger partial charge in [0.25, 0.3) is 0 Å². The number of urea groups is 1. The van der Waals surface area contributed by atoms with E-state index in [2.05, 4.69) is 35.8 Å². The molecule has 12 heteroatoms. The summed E-state index contributed by atoms with van der Waals surface area (Å²) < 4.78 is 24.3. The quantitative estimate of drug-likeness (QED) is 0.229. The van der Waals surface area contributed by atoms with Gasteiger partial charge >= 0.3 is 6.03 Å². The van der Waals surface area contributed by atoms with Gasteiger partial charge in [-0.15, -0.1) is 0 Å². The molecule has 0 atom stereocenters. The normalized spacial score (nSPS) is 11.2. The second-order valence-electron chi connectivity index (χ2n) is 9.86. The molecule has 4 heterocycles. The molecule has 0 aliphatic heterocycles. The topological polar surface area (TPSA) is 125 Å². The first-order valence-corrected chi connectivity index (χ1v) is 13.1. The minimum atomic E-state index is -0.656. The summed E-state index contributed by atoms with van der Waals surface area (Å²) >= 11 is 0. The highest BCUT2D eigenvalue weighted by Crippen LogP contribution is 2.31. The number of rotatable bonds is 7. The average molecular weight is 564 g/mol. The summed E-state index contributed by atoms with van der Waals surface area (Å²) in [7, 11) is 1.82. The van der Waals surface area contributed by atoms with Gasteiger partial charge in [0.15, 0.2) is 0 Å². The molecule has 0 saturated heterocycles. The molecule has 2 aromatic carbocycles. The number of carbonyl (C=O) groups excluding carboxylic acids is 1. The van der Waals surface area contributed by atoms with Crippen LogP contribution in [0.15, 0.2) is 85.8 Å². The Morgan fingerprint density at radius 3 is 2.55 bits per heavy atom. The zero-order valence-electron chi connectivity index (χ0n) is 23.0. The molecular formula is C30H26FN9O2. The fraction of sp³-hybridized carbons (Fsp3) is 0.133. The van der Waals surface area contributed by atoms with Crippen molar-refractivity contribution in [3.63, 3.8) is 0 Å². The zero-order valence-corrected chi connectivity index (χ0v) is 23.0. The zero-order chi connectivity index (χ0) is 29.2. The first-order valence-electron chi connectivity index (χ1n) is 13.1. The molecule has 0 bridgehead atoms. The van der Waals surface area contributed by atoms with E-state index < -0.39 is 11.8 Å². The second-order valence-corrected chi connectivity index (χ2v) is 9.86. The fourth-order valence-electron chi connectivity index (χ4n) is 4.35. The molecule has 11 nitrogen and oxygen atoms in total. The number of fused-ring (bicyclic) bond motifs is 1. The first-order chi connectivity index (χ1) is 20.3. The van der Waals surface area contributed by atoms with Crippen molar-refractivity contribution in [3.8, 4) is 34.0 Å². The van der Waals surface area contributed by atoms with Crippen LogP contribution in [0.2, 0.25) is 0 Å². The van der Waals surface area contributed by atoms with Crippen molar-refractivity contribution in [1.29, 1.82) is 0 Å². The summed E-state index contributed by atoms with van der Waals surface area (Å²) in [4.78, 5) is 25.6. The molecule has 6 aromatic rings. The Balaban J connectivity index is 1.18. The van der Waals surface area contributed by atoms with Gasteiger partial charge in [0, 0.05) is 66.5 Å². The maximum Gasteiger partial charge on any atom is 0.323 e. The lowest BCUT2D eigenvalue weighted by Gasteiger charge is -2.11. The summed E-state index contributed by atoms with van der Waals surface area (Å²) in [5.74, 6) is 0.0936. The number of nitrogens with zero attached hydrogens (tertiary/aromatic N) is 7. The van der Waals surface area contributed by atoms with Crippen LogP contribution in [0.3, 0.4) is 0 Å². The van der Waals surface area contributed by atoms with Crippen LogP contribution >= 0.6 is 0 Å². The van der Waals surface area contributed by atoms with Gasteiger partial charge in [-0.3, -0.25) is 14.3 Å². The molecule has 0 aliphatic carbocycles. The first kappa shape index (κ1) is 26.6. The number of amides is 2. The standard InChI is InChI=1S/C30H26FN9O2/c1-18(2)40-16-28(29(38-40)19-4-6-25-20(10-19)13-32-17-34-25)37-30(41)36-26-7-5-22(11-24(26)31)42-23-8-9-33-27(12-23)21-14-35-39(3)15-21/h4-18H,1-3H3,(H2,36,37,41). The van der Waals surface area contributed by atoms with Crippen LogP contribution < -0.4 is 15.4 Å². The number of benzene rings is 2. The highest BCUT2D eigenvalue weighted by atomic mass is 19.1. The number of nitrogens with one attached hydrogen (secondary N) is 2. The Morgan fingerprint density at radius 1 is 0.929 bits per heavy atom. The minimum absolute atomic E-state index is 0.00807. The van der Waals surface area contributed by atoms with Gasteiger partial charge in [-0.1, -0.05) is 6.07 Å². The van der Waals surface area contributed by atoms with E-state index in [1.54, 1.807) is 52.4 Å². The third kappa shape index (κ3) is 5.63. The van der Waals surface area contributed by atoms with E-state index in [9.17, 15) is 4.79 Å². The number of aromatic nitrogens is 7. The highest BCUT2D eigenvalue weighted by Gasteiger charge is 2.17. The molecule has 0 aliphatic rings. The maximum atomic E-state index is 15.0. The van der Waals surface area contributed by atoms with Gasteiger partial charge in [0.1, 0.15) is 29.3 Å². The predicted octanol–water partition coefficient (Wildman–Crippen LogP) is 6.45. The number of halogens is 1. The number of hydrogen-bond donors (Lipinski definition) is 2. The maximum absolute atomic E-state index is 15.0.